The molecule has 1 fully saturated rings. The first-order chi connectivity index (χ1) is 16.1. The lowest BCUT2D eigenvalue weighted by molar-refractivity contribution is -0.122. The number of carbonyl (C=O) groups is 1. The summed E-state index contributed by atoms with van der Waals surface area (Å²) in [6.07, 6.45) is 7.28. The fourth-order valence-corrected chi connectivity index (χ4v) is 4.34. The summed E-state index contributed by atoms with van der Waals surface area (Å²) in [4.78, 5) is 21.7. The zero-order valence-electron chi connectivity index (χ0n) is 17.9. The molecule has 3 N–H and O–H groups in total. The molecule has 166 valence electrons. The Balaban J connectivity index is 1.42. The van der Waals surface area contributed by atoms with Gasteiger partial charge in [0.1, 0.15) is 0 Å². The smallest absolute Gasteiger partial charge is 0.235 e. The molecule has 0 unspecified atom stereocenters. The lowest BCUT2D eigenvalue weighted by atomic mass is 9.72. The highest BCUT2D eigenvalue weighted by molar-refractivity contribution is 5.99. The van der Waals surface area contributed by atoms with E-state index in [2.05, 4.69) is 30.8 Å². The molecule has 3 heterocycles. The van der Waals surface area contributed by atoms with E-state index in [0.717, 1.165) is 42.2 Å². The molecule has 0 bridgehead atoms. The first kappa shape index (κ1) is 21.0. The molecule has 0 saturated carbocycles. The molecule has 2 aromatic heterocycles. The number of piperidine rings is 1. The monoisotopic (exact) mass is 442 g/mol. The van der Waals surface area contributed by atoms with Gasteiger partial charge in [0, 0.05) is 23.0 Å². The van der Waals surface area contributed by atoms with Gasteiger partial charge < -0.3 is 10.6 Å². The third-order valence-electron chi connectivity index (χ3n) is 6.16. The molecule has 0 aliphatic carbocycles. The van der Waals surface area contributed by atoms with E-state index in [1.54, 1.807) is 6.20 Å². The Labute approximate surface area is 190 Å². The third kappa shape index (κ3) is 4.25. The molecule has 0 atom stereocenters. The summed E-state index contributed by atoms with van der Waals surface area (Å²) < 4.78 is 13.2. The zero-order chi connectivity index (χ0) is 22.7. The summed E-state index contributed by atoms with van der Waals surface area (Å²) in [5.74, 6) is -0.133. The Morgan fingerprint density at radius 2 is 1.70 bits per heavy atom. The maximum atomic E-state index is 13.7. The minimum atomic E-state index is -0.636. The van der Waals surface area contributed by atoms with Crippen LogP contribution in [-0.4, -0.2) is 39.2 Å². The number of aromatic amines is 1. The average Bonchev–Trinajstić information content (AvgIpc) is 3.40. The first-order valence-electron chi connectivity index (χ1n) is 10.8. The molecular formula is C25H23FN6O. The van der Waals surface area contributed by atoms with E-state index in [-0.39, 0.29) is 5.91 Å². The zero-order valence-corrected chi connectivity index (χ0v) is 17.9. The Morgan fingerprint density at radius 3 is 2.39 bits per heavy atom. The van der Waals surface area contributed by atoms with Crippen molar-refractivity contribution in [2.75, 3.05) is 18.4 Å². The Bertz CT molecular complexity index is 1230. The van der Waals surface area contributed by atoms with Gasteiger partial charge in [-0.15, -0.1) is 0 Å². The Kier molecular flexibility index (Phi) is 5.66. The maximum Gasteiger partial charge on any atom is 0.235 e. The van der Waals surface area contributed by atoms with E-state index in [4.69, 9.17) is 0 Å². The molecule has 1 amide bonds. The van der Waals surface area contributed by atoms with Crippen molar-refractivity contribution in [3.63, 3.8) is 0 Å². The third-order valence-corrected chi connectivity index (χ3v) is 6.16. The quantitative estimate of drug-likeness (QED) is 0.435. The molecule has 2 aromatic carbocycles. The number of nitrogens with one attached hydrogen (secondary N) is 3. The van der Waals surface area contributed by atoms with Gasteiger partial charge in [0.2, 0.25) is 5.91 Å². The van der Waals surface area contributed by atoms with E-state index in [9.17, 15) is 9.18 Å². The van der Waals surface area contributed by atoms with Gasteiger partial charge in [-0.05, 0) is 49.2 Å². The molecule has 7 nitrogen and oxygen atoms in total. The van der Waals surface area contributed by atoms with Crippen molar-refractivity contribution in [2.45, 2.75) is 18.3 Å². The van der Waals surface area contributed by atoms with E-state index >= 15 is 0 Å². The van der Waals surface area contributed by atoms with Crippen LogP contribution in [-0.2, 0) is 10.2 Å². The van der Waals surface area contributed by atoms with Gasteiger partial charge in [0.15, 0.2) is 11.6 Å². The Hall–Kier alpha value is -3.91. The van der Waals surface area contributed by atoms with Crippen molar-refractivity contribution in [3.8, 4) is 22.5 Å². The topological polar surface area (TPSA) is 95.6 Å². The van der Waals surface area contributed by atoms with Crippen molar-refractivity contribution in [2.24, 2.45) is 0 Å². The van der Waals surface area contributed by atoms with Crippen LogP contribution in [0.15, 0.2) is 73.3 Å². The number of benzene rings is 2. The van der Waals surface area contributed by atoms with Gasteiger partial charge >= 0.3 is 0 Å². The van der Waals surface area contributed by atoms with Gasteiger partial charge in [-0.3, -0.25) is 9.89 Å². The van der Waals surface area contributed by atoms with Crippen LogP contribution in [0.4, 0.5) is 10.1 Å². The van der Waals surface area contributed by atoms with Crippen molar-refractivity contribution in [1.82, 2.24) is 25.5 Å². The lowest BCUT2D eigenvalue weighted by Crippen LogP contribution is -2.48. The van der Waals surface area contributed by atoms with Gasteiger partial charge in [0.05, 0.1) is 24.0 Å². The van der Waals surface area contributed by atoms with Crippen molar-refractivity contribution < 1.29 is 9.18 Å². The SMILES string of the molecule is O=C(Nc1cccc(-c2ncc(F)cn2)c1)C1(c2ccc(-c3cn[nH]c3)cc2)CCNCC1. The van der Waals surface area contributed by atoms with Crippen LogP contribution in [0.5, 0.6) is 0 Å². The van der Waals surface area contributed by atoms with Crippen LogP contribution >= 0.6 is 0 Å². The number of aromatic nitrogens is 4. The minimum absolute atomic E-state index is 0.0442. The summed E-state index contributed by atoms with van der Waals surface area (Å²) in [7, 11) is 0. The lowest BCUT2D eigenvalue weighted by Gasteiger charge is -2.37. The standard InChI is InChI=1S/C25H23FN6O/c26-21-15-28-23(29-16-21)18-2-1-3-22(12-18)32-24(33)25(8-10-27-11-9-25)20-6-4-17(5-7-20)19-13-30-31-14-19/h1-7,12-16,27H,8-11H2,(H,30,31)(H,32,33). The number of anilines is 1. The molecule has 1 saturated heterocycles. The number of hydrogen-bond donors (Lipinski definition) is 3. The van der Waals surface area contributed by atoms with Gasteiger partial charge in [0.25, 0.3) is 0 Å². The second-order valence-electron chi connectivity index (χ2n) is 8.16. The Morgan fingerprint density at radius 1 is 0.939 bits per heavy atom. The molecule has 8 heteroatoms. The second kappa shape index (κ2) is 8.91. The van der Waals surface area contributed by atoms with E-state index in [0.29, 0.717) is 29.9 Å². The van der Waals surface area contributed by atoms with Gasteiger partial charge in [-0.2, -0.15) is 5.10 Å². The van der Waals surface area contributed by atoms with E-state index < -0.39 is 11.2 Å². The highest BCUT2D eigenvalue weighted by Crippen LogP contribution is 2.36. The summed E-state index contributed by atoms with van der Waals surface area (Å²) in [6.45, 7) is 1.53. The van der Waals surface area contributed by atoms with Crippen LogP contribution in [0.3, 0.4) is 0 Å². The molecule has 0 radical (unpaired) electrons. The highest BCUT2D eigenvalue weighted by Gasteiger charge is 2.41. The fraction of sp³-hybridized carbons (Fsp3) is 0.200. The summed E-state index contributed by atoms with van der Waals surface area (Å²) in [5.41, 5.74) is 3.76. The molecule has 4 aromatic rings. The molecule has 0 spiro atoms. The number of rotatable bonds is 5. The molecule has 33 heavy (non-hydrogen) atoms. The van der Waals surface area contributed by atoms with Crippen molar-refractivity contribution in [3.05, 3.63) is 84.7 Å². The number of halogens is 1. The van der Waals surface area contributed by atoms with Crippen LogP contribution in [0.1, 0.15) is 18.4 Å². The number of H-pyrrole nitrogens is 1. The molecule has 5 rings (SSSR count). The summed E-state index contributed by atoms with van der Waals surface area (Å²) >= 11 is 0. The van der Waals surface area contributed by atoms with E-state index in [1.165, 1.54) is 0 Å². The minimum Gasteiger partial charge on any atom is -0.325 e. The largest absolute Gasteiger partial charge is 0.325 e. The summed E-state index contributed by atoms with van der Waals surface area (Å²) in [6, 6.07) is 15.4. The fourth-order valence-electron chi connectivity index (χ4n) is 4.34. The maximum absolute atomic E-state index is 13.7. The second-order valence-corrected chi connectivity index (χ2v) is 8.16. The average molecular weight is 442 g/mol. The predicted octanol–water partition coefficient (Wildman–Crippen LogP) is 3.93. The van der Waals surface area contributed by atoms with E-state index in [1.807, 2.05) is 54.7 Å². The van der Waals surface area contributed by atoms with Crippen LogP contribution in [0.2, 0.25) is 0 Å². The number of amides is 1. The highest BCUT2D eigenvalue weighted by atomic mass is 19.1. The van der Waals surface area contributed by atoms with Crippen molar-refractivity contribution in [1.29, 1.82) is 0 Å². The van der Waals surface area contributed by atoms with Crippen molar-refractivity contribution >= 4 is 11.6 Å². The first-order valence-corrected chi connectivity index (χ1v) is 10.8. The molecule has 1 aliphatic rings. The molecular weight excluding hydrogens is 419 g/mol. The van der Waals surface area contributed by atoms with Crippen LogP contribution < -0.4 is 10.6 Å². The number of carbonyl (C=O) groups excluding carboxylic acids is 1. The van der Waals surface area contributed by atoms with Gasteiger partial charge in [-0.25, -0.2) is 14.4 Å². The van der Waals surface area contributed by atoms with Crippen LogP contribution in [0.25, 0.3) is 22.5 Å². The number of nitrogens with zero attached hydrogens (tertiary/aromatic N) is 3. The number of hydrogen-bond acceptors (Lipinski definition) is 5. The van der Waals surface area contributed by atoms with Crippen LogP contribution in [0, 0.1) is 5.82 Å². The predicted molar refractivity (Wildman–Crippen MR) is 124 cm³/mol. The normalized spacial score (nSPS) is 15.2. The van der Waals surface area contributed by atoms with Gasteiger partial charge in [-0.1, -0.05) is 36.4 Å². The summed E-state index contributed by atoms with van der Waals surface area (Å²) in [5, 5.41) is 13.3. The molecule has 1 aliphatic heterocycles.